The predicted octanol–water partition coefficient (Wildman–Crippen LogP) is 2.80. The molecule has 0 radical (unpaired) electrons. The van der Waals surface area contributed by atoms with Crippen molar-refractivity contribution in [1.29, 1.82) is 0 Å². The lowest BCUT2D eigenvalue weighted by Gasteiger charge is -2.29. The molecule has 6 nitrogen and oxygen atoms in total. The highest BCUT2D eigenvalue weighted by Gasteiger charge is 2.24. The van der Waals surface area contributed by atoms with Crippen LogP contribution in [0.4, 0.5) is 0 Å². The van der Waals surface area contributed by atoms with Crippen molar-refractivity contribution in [1.82, 2.24) is 15.5 Å². The molecular weight excluding hydrogens is 396 g/mol. The molecule has 0 aliphatic carbocycles. The topological polar surface area (TPSA) is 66.0 Å². The molecule has 3 rings (SSSR count). The van der Waals surface area contributed by atoms with Crippen molar-refractivity contribution >= 4 is 16.8 Å². The Bertz CT molecular complexity index is 838. The Hall–Kier alpha value is -2.38. The second-order valence-corrected chi connectivity index (χ2v) is 8.85. The van der Waals surface area contributed by atoms with E-state index in [9.17, 15) is 4.21 Å². The lowest BCUT2D eigenvalue weighted by atomic mass is 10.1. The van der Waals surface area contributed by atoms with E-state index in [2.05, 4.69) is 32.7 Å². The van der Waals surface area contributed by atoms with E-state index < -0.39 is 10.8 Å². The molecule has 1 aliphatic heterocycles. The first-order chi connectivity index (χ1) is 14.7. The second-order valence-electron chi connectivity index (χ2n) is 7.28. The molecule has 7 heteroatoms. The summed E-state index contributed by atoms with van der Waals surface area (Å²) < 4.78 is 17.8. The average molecular weight is 429 g/mol. The number of methoxy groups -OCH3 is 1. The molecule has 0 spiro atoms. The molecule has 1 aliphatic rings. The Morgan fingerprint density at radius 1 is 1.13 bits per heavy atom. The van der Waals surface area contributed by atoms with E-state index in [1.54, 1.807) is 14.2 Å². The summed E-state index contributed by atoms with van der Waals surface area (Å²) in [4.78, 5) is 7.71. The third-order valence-electron chi connectivity index (χ3n) is 5.33. The molecule has 2 unspecified atom stereocenters. The molecule has 2 aromatic rings. The van der Waals surface area contributed by atoms with Gasteiger partial charge in [-0.05, 0) is 55.8 Å². The highest BCUT2D eigenvalue weighted by atomic mass is 32.2. The highest BCUT2D eigenvalue weighted by molar-refractivity contribution is 7.85. The molecule has 2 aromatic carbocycles. The zero-order valence-electron chi connectivity index (χ0n) is 17.8. The summed E-state index contributed by atoms with van der Waals surface area (Å²) in [6.07, 6.45) is 2.47. The Balaban J connectivity index is 1.55. The summed E-state index contributed by atoms with van der Waals surface area (Å²) in [7, 11) is 2.45. The second kappa shape index (κ2) is 11.7. The van der Waals surface area contributed by atoms with Crippen molar-refractivity contribution in [3.8, 4) is 5.75 Å². The molecule has 1 fully saturated rings. The quantitative estimate of drug-likeness (QED) is 0.475. The molecular formula is C23H32N4O2S. The van der Waals surface area contributed by atoms with Gasteiger partial charge in [-0.15, -0.1) is 0 Å². The van der Waals surface area contributed by atoms with Gasteiger partial charge in [-0.3, -0.25) is 14.1 Å². The van der Waals surface area contributed by atoms with Crippen LogP contribution in [0.3, 0.4) is 0 Å². The van der Waals surface area contributed by atoms with Crippen molar-refractivity contribution in [2.75, 3.05) is 46.1 Å². The number of hydrogen-bond acceptors (Lipinski definition) is 4. The Morgan fingerprint density at radius 3 is 2.60 bits per heavy atom. The van der Waals surface area contributed by atoms with Gasteiger partial charge in [0.25, 0.3) is 0 Å². The Morgan fingerprint density at radius 2 is 1.90 bits per heavy atom. The van der Waals surface area contributed by atoms with Crippen LogP contribution < -0.4 is 15.4 Å². The highest BCUT2D eigenvalue weighted by Crippen LogP contribution is 2.27. The van der Waals surface area contributed by atoms with Gasteiger partial charge in [-0.2, -0.15) is 0 Å². The number of hydrogen-bond donors (Lipinski definition) is 2. The molecule has 162 valence electrons. The smallest absolute Gasteiger partial charge is 0.191 e. The Labute approximate surface area is 182 Å². The van der Waals surface area contributed by atoms with Gasteiger partial charge in [0.1, 0.15) is 5.75 Å². The average Bonchev–Trinajstić information content (AvgIpc) is 3.33. The van der Waals surface area contributed by atoms with E-state index in [4.69, 9.17) is 4.74 Å². The van der Waals surface area contributed by atoms with Gasteiger partial charge in [0.15, 0.2) is 5.96 Å². The Kier molecular flexibility index (Phi) is 8.71. The van der Waals surface area contributed by atoms with Gasteiger partial charge in [0.05, 0.1) is 24.0 Å². The summed E-state index contributed by atoms with van der Waals surface area (Å²) in [5, 5.41) is 6.75. The van der Waals surface area contributed by atoms with E-state index in [-0.39, 0.29) is 6.04 Å². The van der Waals surface area contributed by atoms with Crippen LogP contribution in [0.1, 0.15) is 24.4 Å². The molecule has 1 heterocycles. The molecule has 0 aromatic heterocycles. The lowest BCUT2D eigenvalue weighted by molar-refractivity contribution is 0.245. The summed E-state index contributed by atoms with van der Waals surface area (Å²) in [6, 6.07) is 18.1. The fourth-order valence-electron chi connectivity index (χ4n) is 3.73. The first-order valence-electron chi connectivity index (χ1n) is 10.5. The van der Waals surface area contributed by atoms with Crippen LogP contribution in [-0.2, 0) is 10.8 Å². The number of rotatable bonds is 9. The summed E-state index contributed by atoms with van der Waals surface area (Å²) >= 11 is 0. The largest absolute Gasteiger partial charge is 0.497 e. The monoisotopic (exact) mass is 428 g/mol. The molecule has 30 heavy (non-hydrogen) atoms. The molecule has 1 saturated heterocycles. The molecule has 0 amide bonds. The van der Waals surface area contributed by atoms with Crippen LogP contribution in [0.5, 0.6) is 5.75 Å². The fourth-order valence-corrected chi connectivity index (χ4v) is 4.71. The number of nitrogens with one attached hydrogen (secondary N) is 2. The van der Waals surface area contributed by atoms with Crippen LogP contribution in [0.15, 0.2) is 64.5 Å². The molecule has 2 N–H and O–H groups in total. The maximum atomic E-state index is 12.4. The first kappa shape index (κ1) is 22.3. The fraction of sp³-hybridized carbons (Fsp3) is 0.435. The minimum Gasteiger partial charge on any atom is -0.497 e. The minimum absolute atomic E-state index is 0.250. The maximum Gasteiger partial charge on any atom is 0.191 e. The van der Waals surface area contributed by atoms with Gasteiger partial charge in [0.2, 0.25) is 0 Å². The van der Waals surface area contributed by atoms with E-state index in [1.165, 1.54) is 18.4 Å². The first-order valence-corrected chi connectivity index (χ1v) is 11.8. The number of ether oxygens (including phenoxy) is 1. The van der Waals surface area contributed by atoms with Crippen LogP contribution in [0, 0.1) is 0 Å². The number of guanidine groups is 1. The van der Waals surface area contributed by atoms with E-state index in [1.807, 2.05) is 42.5 Å². The SMILES string of the molecule is CN=C(NCCS(=O)c1ccccc1)NCC(c1cccc(OC)c1)N1CCCC1. The molecule has 0 bridgehead atoms. The van der Waals surface area contributed by atoms with Gasteiger partial charge < -0.3 is 15.4 Å². The van der Waals surface area contributed by atoms with Crippen molar-refractivity contribution in [3.05, 3.63) is 60.2 Å². The zero-order chi connectivity index (χ0) is 21.2. The number of likely N-dealkylation sites (tertiary alicyclic amines) is 1. The van der Waals surface area contributed by atoms with E-state index >= 15 is 0 Å². The van der Waals surface area contributed by atoms with Gasteiger partial charge in [-0.1, -0.05) is 30.3 Å². The standard InChI is InChI=1S/C23H32N4O2S/c1-24-23(25-13-16-30(28)21-11-4-3-5-12-21)26-18-22(27-14-6-7-15-27)19-9-8-10-20(17-19)29-2/h3-5,8-12,17,22H,6-7,13-16,18H2,1-2H3,(H2,24,25,26). The summed E-state index contributed by atoms with van der Waals surface area (Å²) in [5.41, 5.74) is 1.24. The van der Waals surface area contributed by atoms with Crippen molar-refractivity contribution in [2.45, 2.75) is 23.8 Å². The lowest BCUT2D eigenvalue weighted by Crippen LogP contribution is -2.43. The van der Waals surface area contributed by atoms with Gasteiger partial charge in [-0.25, -0.2) is 0 Å². The van der Waals surface area contributed by atoms with Crippen LogP contribution in [-0.4, -0.2) is 61.2 Å². The van der Waals surface area contributed by atoms with Crippen molar-refractivity contribution in [2.24, 2.45) is 4.99 Å². The number of nitrogens with zero attached hydrogens (tertiary/aromatic N) is 2. The number of benzene rings is 2. The third-order valence-corrected chi connectivity index (χ3v) is 6.71. The maximum absolute atomic E-state index is 12.4. The van der Waals surface area contributed by atoms with Crippen molar-refractivity contribution in [3.63, 3.8) is 0 Å². The van der Waals surface area contributed by atoms with Crippen molar-refractivity contribution < 1.29 is 8.95 Å². The van der Waals surface area contributed by atoms with Crippen LogP contribution in [0.2, 0.25) is 0 Å². The summed E-state index contributed by atoms with van der Waals surface area (Å²) in [6.45, 7) is 3.54. The minimum atomic E-state index is -1.02. The van der Waals surface area contributed by atoms with Gasteiger partial charge in [0, 0.05) is 30.8 Å². The third kappa shape index (κ3) is 6.31. The number of aliphatic imine (C=N–C) groups is 1. The zero-order valence-corrected chi connectivity index (χ0v) is 18.7. The van der Waals surface area contributed by atoms with E-state index in [0.717, 1.165) is 36.2 Å². The van der Waals surface area contributed by atoms with Crippen LogP contribution in [0.25, 0.3) is 0 Å². The molecule has 0 saturated carbocycles. The van der Waals surface area contributed by atoms with E-state index in [0.29, 0.717) is 12.3 Å². The normalized spacial score (nSPS) is 16.8. The van der Waals surface area contributed by atoms with Crippen LogP contribution >= 0.6 is 0 Å². The predicted molar refractivity (Wildman–Crippen MR) is 124 cm³/mol. The summed E-state index contributed by atoms with van der Waals surface area (Å²) in [5.74, 6) is 2.14. The molecule has 2 atom stereocenters. The van der Waals surface area contributed by atoms with Gasteiger partial charge >= 0.3 is 0 Å².